The van der Waals surface area contributed by atoms with Crippen molar-refractivity contribution in [2.24, 2.45) is 0 Å². The van der Waals surface area contributed by atoms with Crippen LogP contribution in [0.3, 0.4) is 0 Å². The fraction of sp³-hybridized carbons (Fsp3) is 0.609. The van der Waals surface area contributed by atoms with E-state index in [1.165, 1.54) is 12.8 Å². The maximum absolute atomic E-state index is 12.8. The van der Waals surface area contributed by atoms with E-state index >= 15 is 0 Å². The summed E-state index contributed by atoms with van der Waals surface area (Å²) < 4.78 is 13.3. The quantitative estimate of drug-likeness (QED) is 0.450. The molecular formula is C23H35NO4. The average molecular weight is 390 g/mol. The second-order valence-electron chi connectivity index (χ2n) is 7.28. The Morgan fingerprint density at radius 1 is 0.893 bits per heavy atom. The average Bonchev–Trinajstić information content (AvgIpc) is 2.70. The lowest BCUT2D eigenvalue weighted by Crippen LogP contribution is -2.21. The molecule has 1 heterocycles. The number of pyridine rings is 1. The summed E-state index contributed by atoms with van der Waals surface area (Å²) in [7, 11) is 0. The number of nitrogens with zero attached hydrogens (tertiary/aromatic N) is 1. The smallest absolute Gasteiger partial charge is 0.297 e. The molecule has 156 valence electrons. The first kappa shape index (κ1) is 22.1. The summed E-state index contributed by atoms with van der Waals surface area (Å²) in [4.78, 5) is 12.8. The van der Waals surface area contributed by atoms with Crippen LogP contribution in [-0.2, 0) is 6.54 Å². The van der Waals surface area contributed by atoms with E-state index < -0.39 is 5.56 Å². The highest BCUT2D eigenvalue weighted by Crippen LogP contribution is 2.34. The van der Waals surface area contributed by atoms with E-state index in [-0.39, 0.29) is 11.5 Å². The predicted molar refractivity (Wildman–Crippen MR) is 115 cm³/mol. The number of aryl methyl sites for hydroxylation is 1. The zero-order valence-electron chi connectivity index (χ0n) is 17.6. The highest BCUT2D eigenvalue weighted by molar-refractivity contribution is 5.88. The monoisotopic (exact) mass is 389 g/mol. The van der Waals surface area contributed by atoms with Crippen LogP contribution in [0.5, 0.6) is 17.2 Å². The SMILES string of the molecule is CCCCCCOc1ccc2c(OCCCC)c(O)c(=O)n(CCCC)c2c1. The van der Waals surface area contributed by atoms with Crippen molar-refractivity contribution in [3.8, 4) is 17.2 Å². The third-order valence-electron chi connectivity index (χ3n) is 4.91. The normalized spacial score (nSPS) is 11.1. The van der Waals surface area contributed by atoms with Crippen molar-refractivity contribution in [2.75, 3.05) is 13.2 Å². The van der Waals surface area contributed by atoms with E-state index in [1.807, 2.05) is 18.2 Å². The summed E-state index contributed by atoms with van der Waals surface area (Å²) in [6.07, 6.45) is 8.30. The number of hydrogen-bond donors (Lipinski definition) is 1. The molecule has 0 unspecified atom stereocenters. The molecule has 0 atom stereocenters. The maximum Gasteiger partial charge on any atom is 0.297 e. The Morgan fingerprint density at radius 2 is 1.61 bits per heavy atom. The summed E-state index contributed by atoms with van der Waals surface area (Å²) >= 11 is 0. The number of aromatic hydroxyl groups is 1. The molecule has 0 fully saturated rings. The van der Waals surface area contributed by atoms with Gasteiger partial charge in [0.1, 0.15) is 5.75 Å². The Morgan fingerprint density at radius 3 is 2.32 bits per heavy atom. The van der Waals surface area contributed by atoms with E-state index in [0.717, 1.165) is 55.2 Å². The fourth-order valence-corrected chi connectivity index (χ4v) is 3.20. The van der Waals surface area contributed by atoms with Gasteiger partial charge in [-0.05, 0) is 31.4 Å². The summed E-state index contributed by atoms with van der Waals surface area (Å²) in [6.45, 7) is 8.06. The lowest BCUT2D eigenvalue weighted by molar-refractivity contribution is 0.293. The minimum absolute atomic E-state index is 0.288. The number of unbranched alkanes of at least 4 members (excludes halogenated alkanes) is 5. The van der Waals surface area contributed by atoms with Gasteiger partial charge in [-0.1, -0.05) is 52.9 Å². The predicted octanol–water partition coefficient (Wildman–Crippen LogP) is 5.65. The number of hydrogen-bond acceptors (Lipinski definition) is 4. The van der Waals surface area contributed by atoms with Crippen LogP contribution in [0.25, 0.3) is 10.9 Å². The van der Waals surface area contributed by atoms with E-state index in [9.17, 15) is 9.90 Å². The van der Waals surface area contributed by atoms with E-state index in [0.29, 0.717) is 19.8 Å². The zero-order valence-corrected chi connectivity index (χ0v) is 17.6. The molecule has 5 heteroatoms. The van der Waals surface area contributed by atoms with Crippen LogP contribution >= 0.6 is 0 Å². The third kappa shape index (κ3) is 5.66. The van der Waals surface area contributed by atoms with Crippen molar-refractivity contribution in [1.82, 2.24) is 4.57 Å². The summed E-state index contributed by atoms with van der Waals surface area (Å²) in [6, 6.07) is 5.68. The number of rotatable bonds is 13. The van der Waals surface area contributed by atoms with E-state index in [4.69, 9.17) is 9.47 Å². The van der Waals surface area contributed by atoms with Gasteiger partial charge >= 0.3 is 0 Å². The molecule has 2 aromatic rings. The molecule has 0 aliphatic rings. The van der Waals surface area contributed by atoms with Crippen LogP contribution < -0.4 is 15.0 Å². The van der Waals surface area contributed by atoms with E-state index in [2.05, 4.69) is 20.8 Å². The Bertz CT molecular complexity index is 797. The first-order valence-corrected chi connectivity index (χ1v) is 10.8. The Kier molecular flexibility index (Phi) is 9.18. The van der Waals surface area contributed by atoms with E-state index in [1.54, 1.807) is 4.57 Å². The van der Waals surface area contributed by atoms with Gasteiger partial charge in [-0.2, -0.15) is 0 Å². The van der Waals surface area contributed by atoms with Gasteiger partial charge < -0.3 is 19.1 Å². The molecule has 0 bridgehead atoms. The van der Waals surface area contributed by atoms with Crippen LogP contribution in [-0.4, -0.2) is 22.9 Å². The van der Waals surface area contributed by atoms with Crippen molar-refractivity contribution in [2.45, 2.75) is 78.7 Å². The Labute approximate surface area is 168 Å². The van der Waals surface area contributed by atoms with Gasteiger partial charge in [0.25, 0.3) is 5.56 Å². The zero-order chi connectivity index (χ0) is 20.4. The van der Waals surface area contributed by atoms with Gasteiger partial charge in [0.15, 0.2) is 5.75 Å². The molecule has 0 radical (unpaired) electrons. The fourth-order valence-electron chi connectivity index (χ4n) is 3.20. The van der Waals surface area contributed by atoms with Crippen molar-refractivity contribution in [3.05, 3.63) is 28.6 Å². The van der Waals surface area contributed by atoms with Crippen LogP contribution in [0.2, 0.25) is 0 Å². The Hall–Kier alpha value is -2.17. The maximum atomic E-state index is 12.8. The number of fused-ring (bicyclic) bond motifs is 1. The minimum atomic E-state index is -0.396. The van der Waals surface area contributed by atoms with Gasteiger partial charge in [-0.25, -0.2) is 0 Å². The number of aromatic nitrogens is 1. The van der Waals surface area contributed by atoms with Crippen LogP contribution in [0.15, 0.2) is 23.0 Å². The molecule has 5 nitrogen and oxygen atoms in total. The van der Waals surface area contributed by atoms with Crippen LogP contribution in [0.1, 0.15) is 72.1 Å². The lowest BCUT2D eigenvalue weighted by Gasteiger charge is -2.17. The molecule has 28 heavy (non-hydrogen) atoms. The molecule has 0 spiro atoms. The number of benzene rings is 1. The first-order valence-electron chi connectivity index (χ1n) is 10.8. The Balaban J connectivity index is 2.37. The van der Waals surface area contributed by atoms with Gasteiger partial charge in [-0.15, -0.1) is 0 Å². The van der Waals surface area contributed by atoms with Crippen LogP contribution in [0.4, 0.5) is 0 Å². The molecule has 0 saturated carbocycles. The summed E-state index contributed by atoms with van der Waals surface area (Å²) in [5, 5.41) is 11.2. The lowest BCUT2D eigenvalue weighted by atomic mass is 10.1. The molecule has 2 rings (SSSR count). The van der Waals surface area contributed by atoms with Gasteiger partial charge in [0.2, 0.25) is 5.75 Å². The number of ether oxygens (including phenoxy) is 2. The summed E-state index contributed by atoms with van der Waals surface area (Å²) in [5.41, 5.74) is 0.362. The molecule has 0 saturated heterocycles. The third-order valence-corrected chi connectivity index (χ3v) is 4.91. The molecule has 0 aliphatic heterocycles. The second kappa shape index (κ2) is 11.6. The molecule has 1 aromatic carbocycles. The highest BCUT2D eigenvalue weighted by Gasteiger charge is 2.18. The molecule has 1 aromatic heterocycles. The molecule has 0 amide bonds. The highest BCUT2D eigenvalue weighted by atomic mass is 16.5. The van der Waals surface area contributed by atoms with Gasteiger partial charge in [0.05, 0.1) is 18.7 Å². The first-order chi connectivity index (χ1) is 13.6. The van der Waals surface area contributed by atoms with Crippen molar-refractivity contribution >= 4 is 10.9 Å². The molecule has 0 aliphatic carbocycles. The molecule has 1 N–H and O–H groups in total. The second-order valence-corrected chi connectivity index (χ2v) is 7.28. The molecular weight excluding hydrogens is 354 g/mol. The van der Waals surface area contributed by atoms with Crippen molar-refractivity contribution in [3.63, 3.8) is 0 Å². The van der Waals surface area contributed by atoms with Crippen molar-refractivity contribution < 1.29 is 14.6 Å². The topological polar surface area (TPSA) is 60.7 Å². The largest absolute Gasteiger partial charge is 0.500 e. The van der Waals surface area contributed by atoms with Crippen LogP contribution in [0, 0.1) is 0 Å². The van der Waals surface area contributed by atoms with Gasteiger partial charge in [-0.3, -0.25) is 4.79 Å². The summed E-state index contributed by atoms with van der Waals surface area (Å²) in [5.74, 6) is 0.738. The minimum Gasteiger partial charge on any atom is -0.500 e. The van der Waals surface area contributed by atoms with Gasteiger partial charge in [0, 0.05) is 18.0 Å². The standard InChI is InChI=1S/C23H35NO4/c1-4-7-10-11-16-27-18-12-13-19-20(17-18)24(14-8-5-2)23(26)21(25)22(19)28-15-9-6-3/h12-13,17,25H,4-11,14-16H2,1-3H3. The van der Waals surface area contributed by atoms with Crippen molar-refractivity contribution in [1.29, 1.82) is 0 Å².